The molecular weight excluding hydrogens is 256 g/mol. The van der Waals surface area contributed by atoms with E-state index in [1.165, 1.54) is 0 Å². The summed E-state index contributed by atoms with van der Waals surface area (Å²) in [6, 6.07) is 12.4. The second-order valence-corrected chi connectivity index (χ2v) is 4.40. The maximum atomic E-state index is 9.50. The van der Waals surface area contributed by atoms with Gasteiger partial charge in [0.05, 0.1) is 19.8 Å². The van der Waals surface area contributed by atoms with Gasteiger partial charge in [0.1, 0.15) is 28.6 Å². The number of furan rings is 1. The molecule has 3 aromatic rings. The van der Waals surface area contributed by atoms with E-state index in [1.54, 1.807) is 38.5 Å². The Kier molecular flexibility index (Phi) is 2.99. The minimum atomic E-state index is 0.214. The molecule has 4 nitrogen and oxygen atoms in total. The molecule has 0 atom stereocenters. The Hall–Kier alpha value is -2.62. The Morgan fingerprint density at radius 1 is 0.950 bits per heavy atom. The second-order valence-electron chi connectivity index (χ2n) is 4.40. The van der Waals surface area contributed by atoms with Gasteiger partial charge in [-0.15, -0.1) is 0 Å². The maximum Gasteiger partial charge on any atom is 0.139 e. The first-order valence-electron chi connectivity index (χ1n) is 6.16. The third kappa shape index (κ3) is 2.05. The van der Waals surface area contributed by atoms with Crippen LogP contribution in [-0.2, 0) is 0 Å². The Labute approximate surface area is 116 Å². The van der Waals surface area contributed by atoms with E-state index in [0.29, 0.717) is 11.5 Å². The van der Waals surface area contributed by atoms with Gasteiger partial charge in [-0.3, -0.25) is 0 Å². The molecule has 1 N–H and O–H groups in total. The number of phenolic OH excluding ortho intramolecular Hbond substituents is 1. The highest BCUT2D eigenvalue weighted by molar-refractivity contribution is 5.85. The lowest BCUT2D eigenvalue weighted by atomic mass is 10.1. The number of aromatic hydroxyl groups is 1. The molecule has 0 bridgehead atoms. The summed E-state index contributed by atoms with van der Waals surface area (Å²) in [5.41, 5.74) is 1.56. The average molecular weight is 270 g/mol. The van der Waals surface area contributed by atoms with Crippen molar-refractivity contribution in [3.8, 4) is 28.6 Å². The van der Waals surface area contributed by atoms with Crippen molar-refractivity contribution in [3.05, 3.63) is 42.5 Å². The van der Waals surface area contributed by atoms with Gasteiger partial charge in [0.25, 0.3) is 0 Å². The van der Waals surface area contributed by atoms with Crippen LogP contribution < -0.4 is 9.47 Å². The molecule has 0 saturated heterocycles. The average Bonchev–Trinajstić information content (AvgIpc) is 2.89. The number of hydrogen-bond acceptors (Lipinski definition) is 4. The number of methoxy groups -OCH3 is 2. The molecule has 2 aromatic carbocycles. The zero-order chi connectivity index (χ0) is 14.1. The fourth-order valence-electron chi connectivity index (χ4n) is 2.17. The number of phenols is 1. The van der Waals surface area contributed by atoms with Crippen molar-refractivity contribution in [1.29, 1.82) is 0 Å². The van der Waals surface area contributed by atoms with Crippen molar-refractivity contribution >= 4 is 11.0 Å². The molecule has 20 heavy (non-hydrogen) atoms. The van der Waals surface area contributed by atoms with Crippen molar-refractivity contribution in [2.75, 3.05) is 14.2 Å². The monoisotopic (exact) mass is 270 g/mol. The van der Waals surface area contributed by atoms with Gasteiger partial charge in [-0.2, -0.15) is 0 Å². The van der Waals surface area contributed by atoms with E-state index in [0.717, 1.165) is 22.3 Å². The van der Waals surface area contributed by atoms with Gasteiger partial charge in [-0.1, -0.05) is 0 Å². The van der Waals surface area contributed by atoms with Crippen molar-refractivity contribution < 1.29 is 19.0 Å². The second kappa shape index (κ2) is 4.81. The highest BCUT2D eigenvalue weighted by Crippen LogP contribution is 2.36. The molecule has 0 aliphatic rings. The van der Waals surface area contributed by atoms with Crippen LogP contribution >= 0.6 is 0 Å². The SMILES string of the molecule is COc1ccc(-c2cc3cc(O)ccc3o2)c(OC)c1. The number of rotatable bonds is 3. The Bertz CT molecular complexity index is 758. The van der Waals surface area contributed by atoms with Gasteiger partial charge in [-0.25, -0.2) is 0 Å². The highest BCUT2D eigenvalue weighted by atomic mass is 16.5. The smallest absolute Gasteiger partial charge is 0.139 e. The molecule has 0 saturated carbocycles. The minimum Gasteiger partial charge on any atom is -0.508 e. The maximum absolute atomic E-state index is 9.50. The first-order chi connectivity index (χ1) is 9.71. The van der Waals surface area contributed by atoms with Crippen LogP contribution in [0, 0.1) is 0 Å². The van der Waals surface area contributed by atoms with Gasteiger partial charge in [0.2, 0.25) is 0 Å². The van der Waals surface area contributed by atoms with Crippen LogP contribution in [0.1, 0.15) is 0 Å². The molecule has 0 fully saturated rings. The molecule has 0 aliphatic carbocycles. The first kappa shape index (κ1) is 12.4. The Balaban J connectivity index is 2.14. The van der Waals surface area contributed by atoms with E-state index in [9.17, 15) is 5.11 Å². The molecule has 1 aromatic heterocycles. The summed E-state index contributed by atoms with van der Waals surface area (Å²) < 4.78 is 16.3. The number of hydrogen-bond donors (Lipinski definition) is 1. The molecule has 102 valence electrons. The van der Waals surface area contributed by atoms with Gasteiger partial charge >= 0.3 is 0 Å². The highest BCUT2D eigenvalue weighted by Gasteiger charge is 2.12. The van der Waals surface area contributed by atoms with Crippen LogP contribution in [0.15, 0.2) is 46.9 Å². The van der Waals surface area contributed by atoms with Gasteiger partial charge in [-0.05, 0) is 36.4 Å². The molecule has 0 amide bonds. The minimum absolute atomic E-state index is 0.214. The lowest BCUT2D eigenvalue weighted by Crippen LogP contribution is -1.89. The zero-order valence-electron chi connectivity index (χ0n) is 11.2. The summed E-state index contributed by atoms with van der Waals surface area (Å²) in [6.07, 6.45) is 0. The number of benzene rings is 2. The van der Waals surface area contributed by atoms with Crippen LogP contribution in [0.25, 0.3) is 22.3 Å². The summed E-state index contributed by atoms with van der Waals surface area (Å²) in [4.78, 5) is 0. The van der Waals surface area contributed by atoms with Crippen molar-refractivity contribution in [2.24, 2.45) is 0 Å². The van der Waals surface area contributed by atoms with Crippen LogP contribution in [0.4, 0.5) is 0 Å². The van der Waals surface area contributed by atoms with Crippen LogP contribution in [0.5, 0.6) is 17.2 Å². The third-order valence-corrected chi connectivity index (χ3v) is 3.17. The van der Waals surface area contributed by atoms with E-state index >= 15 is 0 Å². The van der Waals surface area contributed by atoms with E-state index in [1.807, 2.05) is 18.2 Å². The molecule has 0 aliphatic heterocycles. The third-order valence-electron chi connectivity index (χ3n) is 3.17. The predicted octanol–water partition coefficient (Wildman–Crippen LogP) is 3.82. The number of fused-ring (bicyclic) bond motifs is 1. The van der Waals surface area contributed by atoms with E-state index in [2.05, 4.69) is 0 Å². The van der Waals surface area contributed by atoms with E-state index in [-0.39, 0.29) is 5.75 Å². The van der Waals surface area contributed by atoms with Gasteiger partial charge in [0, 0.05) is 11.5 Å². The van der Waals surface area contributed by atoms with Gasteiger partial charge < -0.3 is 19.0 Å². The van der Waals surface area contributed by atoms with Crippen molar-refractivity contribution in [1.82, 2.24) is 0 Å². The lowest BCUT2D eigenvalue weighted by molar-refractivity contribution is 0.394. The molecule has 0 spiro atoms. The standard InChI is InChI=1S/C16H14O4/c1-18-12-4-5-13(15(9-12)19-2)16-8-10-7-11(17)3-6-14(10)20-16/h3-9,17H,1-2H3. The Morgan fingerprint density at radius 3 is 2.55 bits per heavy atom. The predicted molar refractivity (Wildman–Crippen MR) is 76.4 cm³/mol. The lowest BCUT2D eigenvalue weighted by Gasteiger charge is -2.08. The van der Waals surface area contributed by atoms with E-state index < -0.39 is 0 Å². The summed E-state index contributed by atoms with van der Waals surface area (Å²) in [5, 5.41) is 10.3. The fraction of sp³-hybridized carbons (Fsp3) is 0.125. The summed E-state index contributed by atoms with van der Waals surface area (Å²) in [5.74, 6) is 2.30. The quantitative estimate of drug-likeness (QED) is 0.786. The Morgan fingerprint density at radius 2 is 1.80 bits per heavy atom. The fourth-order valence-corrected chi connectivity index (χ4v) is 2.17. The van der Waals surface area contributed by atoms with E-state index in [4.69, 9.17) is 13.9 Å². The van der Waals surface area contributed by atoms with Crippen molar-refractivity contribution in [3.63, 3.8) is 0 Å². The van der Waals surface area contributed by atoms with Crippen LogP contribution in [0.3, 0.4) is 0 Å². The molecule has 3 rings (SSSR count). The molecule has 1 heterocycles. The molecule has 0 radical (unpaired) electrons. The zero-order valence-corrected chi connectivity index (χ0v) is 11.2. The van der Waals surface area contributed by atoms with Crippen LogP contribution in [0.2, 0.25) is 0 Å². The van der Waals surface area contributed by atoms with Crippen LogP contribution in [-0.4, -0.2) is 19.3 Å². The normalized spacial score (nSPS) is 10.7. The van der Waals surface area contributed by atoms with Gasteiger partial charge in [0.15, 0.2) is 0 Å². The topological polar surface area (TPSA) is 51.8 Å². The molecular formula is C16H14O4. The summed E-state index contributed by atoms with van der Waals surface area (Å²) in [7, 11) is 3.21. The number of ether oxygens (including phenoxy) is 2. The molecule has 0 unspecified atom stereocenters. The summed E-state index contributed by atoms with van der Waals surface area (Å²) >= 11 is 0. The van der Waals surface area contributed by atoms with Crippen molar-refractivity contribution in [2.45, 2.75) is 0 Å². The molecule has 4 heteroatoms. The largest absolute Gasteiger partial charge is 0.508 e. The summed E-state index contributed by atoms with van der Waals surface area (Å²) in [6.45, 7) is 0. The first-order valence-corrected chi connectivity index (χ1v) is 6.16.